The Balaban J connectivity index is 1.62. The lowest BCUT2D eigenvalue weighted by molar-refractivity contribution is 0.190. The lowest BCUT2D eigenvalue weighted by Gasteiger charge is -2.20. The van der Waals surface area contributed by atoms with Crippen LogP contribution < -0.4 is 4.74 Å². The zero-order chi connectivity index (χ0) is 18.2. The maximum absolute atomic E-state index is 9.37. The number of methoxy groups -OCH3 is 1. The highest BCUT2D eigenvalue weighted by Gasteiger charge is 2.10. The number of rotatable bonds is 9. The number of hydrogen-bond donors (Lipinski definition) is 1. The fourth-order valence-electron chi connectivity index (χ4n) is 2.82. The Morgan fingerprint density at radius 3 is 2.50 bits per heavy atom. The van der Waals surface area contributed by atoms with E-state index in [4.69, 9.17) is 9.72 Å². The number of aliphatic hydroxyl groups is 1. The Kier molecular flexibility index (Phi) is 6.77. The second-order valence-corrected chi connectivity index (χ2v) is 6.97. The molecule has 3 rings (SSSR count). The highest BCUT2D eigenvalue weighted by molar-refractivity contribution is 7.13. The highest BCUT2D eigenvalue weighted by Crippen LogP contribution is 2.26. The van der Waals surface area contributed by atoms with Crippen LogP contribution in [0.2, 0.25) is 0 Å². The lowest BCUT2D eigenvalue weighted by Crippen LogP contribution is -2.28. The van der Waals surface area contributed by atoms with Gasteiger partial charge in [0, 0.05) is 30.6 Å². The first-order chi connectivity index (χ1) is 12.8. The first-order valence-electron chi connectivity index (χ1n) is 8.74. The van der Waals surface area contributed by atoms with Crippen molar-refractivity contribution in [2.75, 3.05) is 26.8 Å². The third-order valence-electron chi connectivity index (χ3n) is 4.25. The van der Waals surface area contributed by atoms with Crippen molar-refractivity contribution in [1.29, 1.82) is 0 Å². The van der Waals surface area contributed by atoms with Crippen molar-refractivity contribution in [3.63, 3.8) is 0 Å². The largest absolute Gasteiger partial charge is 0.497 e. The van der Waals surface area contributed by atoms with Crippen LogP contribution in [0, 0.1) is 0 Å². The van der Waals surface area contributed by atoms with Crippen LogP contribution in [0.1, 0.15) is 11.3 Å². The third kappa shape index (κ3) is 5.14. The van der Waals surface area contributed by atoms with E-state index < -0.39 is 0 Å². The van der Waals surface area contributed by atoms with Gasteiger partial charge in [0.05, 0.1) is 19.4 Å². The number of benzene rings is 2. The van der Waals surface area contributed by atoms with Crippen molar-refractivity contribution in [1.82, 2.24) is 9.88 Å². The van der Waals surface area contributed by atoms with Crippen molar-refractivity contribution in [3.8, 4) is 16.3 Å². The third-order valence-corrected chi connectivity index (χ3v) is 5.19. The standard InChI is InChI=1S/C21H24N2O2S/c1-25-20-9-7-18(8-10-20)21-22-19(16-26-21)15-23(13-14-24)12-11-17-5-3-2-4-6-17/h2-10,16,24H,11-15H2,1H3. The van der Waals surface area contributed by atoms with Gasteiger partial charge < -0.3 is 9.84 Å². The van der Waals surface area contributed by atoms with Gasteiger partial charge in [-0.25, -0.2) is 4.98 Å². The monoisotopic (exact) mass is 368 g/mol. The van der Waals surface area contributed by atoms with E-state index in [1.165, 1.54) is 5.56 Å². The summed E-state index contributed by atoms with van der Waals surface area (Å²) in [4.78, 5) is 7.02. The molecule has 0 aliphatic rings. The van der Waals surface area contributed by atoms with Crippen LogP contribution in [0.25, 0.3) is 10.6 Å². The molecule has 4 nitrogen and oxygen atoms in total. The molecule has 0 radical (unpaired) electrons. The Morgan fingerprint density at radius 2 is 1.81 bits per heavy atom. The number of thiazole rings is 1. The van der Waals surface area contributed by atoms with Gasteiger partial charge in [0.15, 0.2) is 0 Å². The fourth-order valence-corrected chi connectivity index (χ4v) is 3.64. The van der Waals surface area contributed by atoms with Crippen LogP contribution in [0.15, 0.2) is 60.0 Å². The molecule has 1 N–H and O–H groups in total. The second-order valence-electron chi connectivity index (χ2n) is 6.11. The van der Waals surface area contributed by atoms with Crippen LogP contribution in [0.4, 0.5) is 0 Å². The second kappa shape index (κ2) is 9.48. The van der Waals surface area contributed by atoms with Crippen molar-refractivity contribution >= 4 is 11.3 Å². The number of ether oxygens (including phenoxy) is 1. The van der Waals surface area contributed by atoms with Gasteiger partial charge in [0.2, 0.25) is 0 Å². The van der Waals surface area contributed by atoms with Gasteiger partial charge in [-0.05, 0) is 36.2 Å². The number of hydrogen-bond acceptors (Lipinski definition) is 5. The molecule has 1 aromatic heterocycles. The van der Waals surface area contributed by atoms with Crippen molar-refractivity contribution in [2.24, 2.45) is 0 Å². The minimum atomic E-state index is 0.157. The summed E-state index contributed by atoms with van der Waals surface area (Å²) < 4.78 is 5.21. The molecule has 0 spiro atoms. The maximum atomic E-state index is 9.37. The average molecular weight is 369 g/mol. The van der Waals surface area contributed by atoms with E-state index in [2.05, 4.69) is 34.5 Å². The summed E-state index contributed by atoms with van der Waals surface area (Å²) in [5.74, 6) is 0.848. The maximum Gasteiger partial charge on any atom is 0.123 e. The molecule has 0 bridgehead atoms. The van der Waals surface area contributed by atoms with Gasteiger partial charge >= 0.3 is 0 Å². The Hall–Kier alpha value is -2.21. The summed E-state index contributed by atoms with van der Waals surface area (Å²) in [7, 11) is 1.67. The van der Waals surface area contributed by atoms with Crippen LogP contribution in [0.3, 0.4) is 0 Å². The molecular weight excluding hydrogens is 344 g/mol. The highest BCUT2D eigenvalue weighted by atomic mass is 32.1. The molecule has 2 aromatic carbocycles. The molecule has 3 aromatic rings. The minimum Gasteiger partial charge on any atom is -0.497 e. The smallest absolute Gasteiger partial charge is 0.123 e. The molecule has 1 heterocycles. The van der Waals surface area contributed by atoms with Crippen molar-refractivity contribution in [3.05, 3.63) is 71.2 Å². The van der Waals surface area contributed by atoms with Gasteiger partial charge in [-0.3, -0.25) is 4.90 Å². The van der Waals surface area contributed by atoms with E-state index in [1.54, 1.807) is 18.4 Å². The van der Waals surface area contributed by atoms with Gasteiger partial charge in [-0.2, -0.15) is 0 Å². The molecule has 26 heavy (non-hydrogen) atoms. The summed E-state index contributed by atoms with van der Waals surface area (Å²) >= 11 is 1.65. The first-order valence-corrected chi connectivity index (χ1v) is 9.62. The van der Waals surface area contributed by atoms with Gasteiger partial charge in [-0.15, -0.1) is 11.3 Å². The van der Waals surface area contributed by atoms with Gasteiger partial charge in [-0.1, -0.05) is 30.3 Å². The number of aliphatic hydroxyl groups excluding tert-OH is 1. The summed E-state index contributed by atoms with van der Waals surface area (Å²) in [5.41, 5.74) is 3.45. The molecule has 0 saturated heterocycles. The van der Waals surface area contributed by atoms with E-state index in [9.17, 15) is 5.11 Å². The zero-order valence-corrected chi connectivity index (χ0v) is 15.8. The van der Waals surface area contributed by atoms with Crippen LogP contribution >= 0.6 is 11.3 Å². The SMILES string of the molecule is COc1ccc(-c2nc(CN(CCO)CCc3ccccc3)cs2)cc1. The molecule has 5 heteroatoms. The number of aromatic nitrogens is 1. The van der Waals surface area contributed by atoms with Crippen LogP contribution in [-0.2, 0) is 13.0 Å². The van der Waals surface area contributed by atoms with Gasteiger partial charge in [0.1, 0.15) is 10.8 Å². The van der Waals surface area contributed by atoms with Crippen molar-refractivity contribution in [2.45, 2.75) is 13.0 Å². The van der Waals surface area contributed by atoms with E-state index in [0.29, 0.717) is 6.54 Å². The average Bonchev–Trinajstić information content (AvgIpc) is 3.16. The normalized spacial score (nSPS) is 11.0. The van der Waals surface area contributed by atoms with E-state index in [1.807, 2.05) is 30.3 Å². The number of nitrogens with zero attached hydrogens (tertiary/aromatic N) is 2. The predicted molar refractivity (Wildman–Crippen MR) is 107 cm³/mol. The molecular formula is C21H24N2O2S. The molecule has 0 fully saturated rings. The minimum absolute atomic E-state index is 0.157. The quantitative estimate of drug-likeness (QED) is 0.623. The Bertz CT molecular complexity index is 787. The molecule has 0 unspecified atom stereocenters. The lowest BCUT2D eigenvalue weighted by atomic mass is 10.1. The predicted octanol–water partition coefficient (Wildman–Crippen LogP) is 3.86. The summed E-state index contributed by atoms with van der Waals surface area (Å²) in [5, 5.41) is 12.5. The zero-order valence-electron chi connectivity index (χ0n) is 15.0. The molecule has 0 aliphatic carbocycles. The van der Waals surface area contributed by atoms with E-state index >= 15 is 0 Å². The Morgan fingerprint density at radius 1 is 1.04 bits per heavy atom. The van der Waals surface area contributed by atoms with Crippen LogP contribution in [-0.4, -0.2) is 41.8 Å². The fraction of sp³-hybridized carbons (Fsp3) is 0.286. The molecule has 0 amide bonds. The molecule has 0 atom stereocenters. The summed E-state index contributed by atoms with van der Waals surface area (Å²) in [6.45, 7) is 2.46. The first kappa shape index (κ1) is 18.6. The molecule has 0 saturated carbocycles. The van der Waals surface area contributed by atoms with E-state index in [0.717, 1.165) is 41.5 Å². The van der Waals surface area contributed by atoms with Gasteiger partial charge in [0.25, 0.3) is 0 Å². The van der Waals surface area contributed by atoms with Crippen molar-refractivity contribution < 1.29 is 9.84 Å². The topological polar surface area (TPSA) is 45.6 Å². The summed E-state index contributed by atoms with van der Waals surface area (Å²) in [6.07, 6.45) is 0.969. The summed E-state index contributed by atoms with van der Waals surface area (Å²) in [6, 6.07) is 18.4. The van der Waals surface area contributed by atoms with Crippen LogP contribution in [0.5, 0.6) is 5.75 Å². The molecule has 0 aliphatic heterocycles. The Labute approximate surface area is 158 Å². The van der Waals surface area contributed by atoms with E-state index in [-0.39, 0.29) is 6.61 Å². The molecule has 136 valence electrons.